The van der Waals surface area contributed by atoms with E-state index in [4.69, 9.17) is 4.74 Å². The molecule has 22 heavy (non-hydrogen) atoms. The van der Waals surface area contributed by atoms with Crippen LogP contribution >= 0.6 is 0 Å². The zero-order valence-corrected chi connectivity index (χ0v) is 13.4. The molecule has 0 atom stereocenters. The fraction of sp³-hybridized carbons (Fsp3) is 0.333. The van der Waals surface area contributed by atoms with Gasteiger partial charge in [-0.15, -0.1) is 0 Å². The van der Waals surface area contributed by atoms with Gasteiger partial charge in [0.2, 0.25) is 0 Å². The molecule has 0 bridgehead atoms. The minimum atomic E-state index is -0.273. The van der Waals surface area contributed by atoms with Crippen molar-refractivity contribution in [2.75, 3.05) is 6.61 Å². The molecule has 1 aromatic carbocycles. The van der Waals surface area contributed by atoms with Gasteiger partial charge in [0.25, 0.3) is 5.56 Å². The number of hydrogen-bond acceptors (Lipinski definition) is 3. The maximum atomic E-state index is 12.2. The number of benzene rings is 1. The van der Waals surface area contributed by atoms with E-state index in [1.807, 2.05) is 24.3 Å². The van der Waals surface area contributed by atoms with Gasteiger partial charge in [0, 0.05) is 7.05 Å². The van der Waals surface area contributed by atoms with Crippen LogP contribution in [0.1, 0.15) is 31.1 Å². The molecule has 0 N–H and O–H groups in total. The van der Waals surface area contributed by atoms with Crippen molar-refractivity contribution in [2.45, 2.75) is 20.8 Å². The molecule has 4 heteroatoms. The Balaban J connectivity index is 2.31. The van der Waals surface area contributed by atoms with Crippen LogP contribution in [-0.2, 0) is 7.05 Å². The summed E-state index contributed by atoms with van der Waals surface area (Å²) < 4.78 is 7.15. The molecule has 0 amide bonds. The number of nitrogens with zero attached hydrogens (tertiary/aromatic N) is 1. The lowest BCUT2D eigenvalue weighted by atomic mass is 10.1. The zero-order valence-electron chi connectivity index (χ0n) is 13.4. The van der Waals surface area contributed by atoms with Gasteiger partial charge in [-0.1, -0.05) is 13.8 Å². The average Bonchev–Trinajstić information content (AvgIpc) is 2.48. The first-order chi connectivity index (χ1) is 10.4. The summed E-state index contributed by atoms with van der Waals surface area (Å²) in [5.74, 6) is 1.06. The molecule has 0 unspecified atom stereocenters. The van der Waals surface area contributed by atoms with E-state index in [9.17, 15) is 9.59 Å². The summed E-state index contributed by atoms with van der Waals surface area (Å²) in [5.41, 5.74) is 1.62. The Hall–Kier alpha value is -2.36. The maximum Gasteiger partial charge on any atom is 0.261 e. The molecule has 0 aliphatic heterocycles. The van der Waals surface area contributed by atoms with Crippen LogP contribution in [0.5, 0.6) is 5.75 Å². The van der Waals surface area contributed by atoms with E-state index in [1.165, 1.54) is 11.5 Å². The second-order valence-corrected chi connectivity index (χ2v) is 5.78. The fourth-order valence-electron chi connectivity index (χ4n) is 2.18. The lowest BCUT2D eigenvalue weighted by Crippen LogP contribution is -2.24. The summed E-state index contributed by atoms with van der Waals surface area (Å²) in [6, 6.07) is 11.0. The van der Waals surface area contributed by atoms with Gasteiger partial charge in [0.1, 0.15) is 5.75 Å². The molecule has 2 aromatic rings. The summed E-state index contributed by atoms with van der Waals surface area (Å²) in [6.07, 6.45) is 0. The molecule has 1 aromatic heterocycles. The normalized spacial score (nSPS) is 10.8. The zero-order chi connectivity index (χ0) is 16.3. The Labute approximate surface area is 130 Å². The summed E-state index contributed by atoms with van der Waals surface area (Å²) in [4.78, 5) is 23.6. The average molecular weight is 299 g/mol. The topological polar surface area (TPSA) is 48.3 Å². The highest BCUT2D eigenvalue weighted by atomic mass is 16.5. The van der Waals surface area contributed by atoms with Crippen LogP contribution in [0.3, 0.4) is 0 Å². The summed E-state index contributed by atoms with van der Waals surface area (Å²) in [5, 5.41) is 0. The van der Waals surface area contributed by atoms with Gasteiger partial charge < -0.3 is 9.30 Å². The third-order valence-corrected chi connectivity index (χ3v) is 3.42. The van der Waals surface area contributed by atoms with E-state index in [-0.39, 0.29) is 16.9 Å². The number of rotatable bonds is 5. The molecule has 0 aliphatic rings. The van der Waals surface area contributed by atoms with Crippen molar-refractivity contribution in [1.29, 1.82) is 0 Å². The van der Waals surface area contributed by atoms with Gasteiger partial charge >= 0.3 is 0 Å². The molecular formula is C18H21NO3. The van der Waals surface area contributed by atoms with E-state index in [2.05, 4.69) is 13.8 Å². The standard InChI is InChI=1S/C18H21NO3/c1-12(2)11-22-15-7-5-14(6-8-15)17-10-9-16(13(3)20)18(21)19(17)4/h5-10,12H,11H2,1-4H3. The first-order valence-electron chi connectivity index (χ1n) is 7.34. The molecule has 1 heterocycles. The smallest absolute Gasteiger partial charge is 0.261 e. The monoisotopic (exact) mass is 299 g/mol. The van der Waals surface area contributed by atoms with Crippen molar-refractivity contribution in [1.82, 2.24) is 4.57 Å². The van der Waals surface area contributed by atoms with Gasteiger partial charge in [-0.25, -0.2) is 0 Å². The maximum absolute atomic E-state index is 12.2. The van der Waals surface area contributed by atoms with Crippen molar-refractivity contribution < 1.29 is 9.53 Å². The first kappa shape index (κ1) is 16.0. The second kappa shape index (κ2) is 6.60. The van der Waals surface area contributed by atoms with Crippen LogP contribution in [0, 0.1) is 5.92 Å². The highest BCUT2D eigenvalue weighted by molar-refractivity contribution is 5.93. The van der Waals surface area contributed by atoms with Crippen LogP contribution in [0.4, 0.5) is 0 Å². The molecule has 0 aliphatic carbocycles. The van der Waals surface area contributed by atoms with Gasteiger partial charge in [-0.3, -0.25) is 9.59 Å². The highest BCUT2D eigenvalue weighted by Gasteiger charge is 2.10. The Bertz CT molecular complexity index is 727. The molecule has 0 saturated carbocycles. The van der Waals surface area contributed by atoms with Crippen molar-refractivity contribution >= 4 is 5.78 Å². The van der Waals surface area contributed by atoms with Crippen molar-refractivity contribution in [3.05, 3.63) is 52.3 Å². The predicted molar refractivity (Wildman–Crippen MR) is 87.5 cm³/mol. The molecule has 0 radical (unpaired) electrons. The first-order valence-corrected chi connectivity index (χ1v) is 7.34. The Morgan fingerprint density at radius 3 is 2.32 bits per heavy atom. The number of pyridine rings is 1. The van der Waals surface area contributed by atoms with E-state index >= 15 is 0 Å². The number of hydrogen-bond donors (Lipinski definition) is 0. The number of aromatic nitrogens is 1. The van der Waals surface area contributed by atoms with Gasteiger partial charge in [0.05, 0.1) is 17.9 Å². The fourth-order valence-corrected chi connectivity index (χ4v) is 2.18. The molecule has 0 fully saturated rings. The van der Waals surface area contributed by atoms with E-state index in [1.54, 1.807) is 19.2 Å². The Morgan fingerprint density at radius 2 is 1.77 bits per heavy atom. The van der Waals surface area contributed by atoms with Crippen molar-refractivity contribution in [3.8, 4) is 17.0 Å². The summed E-state index contributed by atoms with van der Waals surface area (Å²) in [6.45, 7) is 6.27. The molecule has 0 spiro atoms. The van der Waals surface area contributed by atoms with E-state index in [0.29, 0.717) is 12.5 Å². The number of ketones is 1. The van der Waals surface area contributed by atoms with Crippen LogP contribution in [0.25, 0.3) is 11.3 Å². The third-order valence-electron chi connectivity index (χ3n) is 3.42. The molecule has 116 valence electrons. The minimum Gasteiger partial charge on any atom is -0.493 e. The molecular weight excluding hydrogens is 278 g/mol. The summed E-state index contributed by atoms with van der Waals surface area (Å²) in [7, 11) is 1.67. The lowest BCUT2D eigenvalue weighted by molar-refractivity contribution is 0.101. The second-order valence-electron chi connectivity index (χ2n) is 5.78. The molecule has 2 rings (SSSR count). The van der Waals surface area contributed by atoms with Gasteiger partial charge in [-0.2, -0.15) is 0 Å². The lowest BCUT2D eigenvalue weighted by Gasteiger charge is -2.12. The molecule has 4 nitrogen and oxygen atoms in total. The van der Waals surface area contributed by atoms with Crippen LogP contribution in [0.2, 0.25) is 0 Å². The number of carbonyl (C=O) groups is 1. The van der Waals surface area contributed by atoms with E-state index < -0.39 is 0 Å². The predicted octanol–water partition coefficient (Wildman–Crippen LogP) is 3.29. The van der Waals surface area contributed by atoms with Crippen molar-refractivity contribution in [2.24, 2.45) is 13.0 Å². The third kappa shape index (κ3) is 3.45. The molecule has 0 saturated heterocycles. The van der Waals surface area contributed by atoms with Crippen LogP contribution < -0.4 is 10.3 Å². The highest BCUT2D eigenvalue weighted by Crippen LogP contribution is 2.21. The number of Topliss-reactive ketones (excluding diaryl/α,β-unsaturated/α-hetero) is 1. The number of carbonyl (C=O) groups excluding carboxylic acids is 1. The van der Waals surface area contributed by atoms with Crippen LogP contribution in [0.15, 0.2) is 41.2 Å². The van der Waals surface area contributed by atoms with E-state index in [0.717, 1.165) is 17.0 Å². The number of ether oxygens (including phenoxy) is 1. The van der Waals surface area contributed by atoms with Gasteiger partial charge in [0.15, 0.2) is 5.78 Å². The quantitative estimate of drug-likeness (QED) is 0.796. The van der Waals surface area contributed by atoms with Gasteiger partial charge in [-0.05, 0) is 54.8 Å². The Kier molecular flexibility index (Phi) is 4.81. The van der Waals surface area contributed by atoms with Crippen molar-refractivity contribution in [3.63, 3.8) is 0 Å². The SMILES string of the molecule is CC(=O)c1ccc(-c2ccc(OCC(C)C)cc2)n(C)c1=O. The van der Waals surface area contributed by atoms with Crippen LogP contribution in [-0.4, -0.2) is 17.0 Å². The largest absolute Gasteiger partial charge is 0.493 e. The minimum absolute atomic E-state index is 0.211. The Morgan fingerprint density at radius 1 is 1.14 bits per heavy atom. The summed E-state index contributed by atoms with van der Waals surface area (Å²) >= 11 is 0.